The normalized spacial score (nSPS) is 10.9. The van der Waals surface area contributed by atoms with Crippen LogP contribution in [0.2, 0.25) is 5.02 Å². The van der Waals surface area contributed by atoms with Crippen LogP contribution < -0.4 is 14.9 Å². The van der Waals surface area contributed by atoms with Gasteiger partial charge in [-0.2, -0.15) is 5.10 Å². The monoisotopic (exact) mass is 449 g/mol. The van der Waals surface area contributed by atoms with Crippen molar-refractivity contribution in [2.75, 3.05) is 12.5 Å². The molecule has 1 N–H and O–H groups in total. The number of benzene rings is 3. The molecule has 0 fully saturated rings. The highest BCUT2D eigenvalue weighted by molar-refractivity contribution is 7.14. The van der Waals surface area contributed by atoms with Gasteiger partial charge in [0.2, 0.25) is 5.13 Å². The molecule has 31 heavy (non-hydrogen) atoms. The summed E-state index contributed by atoms with van der Waals surface area (Å²) < 4.78 is 11.4. The molecule has 1 heterocycles. The summed E-state index contributed by atoms with van der Waals surface area (Å²) in [5.74, 6) is 1.34. The zero-order chi connectivity index (χ0) is 21.5. The molecular weight excluding hydrogens is 430 g/mol. The molecule has 7 heteroatoms. The van der Waals surface area contributed by atoms with Gasteiger partial charge < -0.3 is 9.47 Å². The fraction of sp³-hybridized carbons (Fsp3) is 0.0833. The Labute approximate surface area is 190 Å². The van der Waals surface area contributed by atoms with E-state index in [-0.39, 0.29) is 0 Å². The van der Waals surface area contributed by atoms with Gasteiger partial charge in [0.15, 0.2) is 11.5 Å². The summed E-state index contributed by atoms with van der Waals surface area (Å²) in [6.45, 7) is 0.478. The summed E-state index contributed by atoms with van der Waals surface area (Å²) >= 11 is 7.43. The van der Waals surface area contributed by atoms with E-state index in [1.54, 1.807) is 13.3 Å². The third kappa shape index (κ3) is 5.63. The Morgan fingerprint density at radius 1 is 1.03 bits per heavy atom. The van der Waals surface area contributed by atoms with Gasteiger partial charge in [0, 0.05) is 16.0 Å². The number of aromatic nitrogens is 1. The van der Waals surface area contributed by atoms with Crippen LogP contribution in [0.25, 0.3) is 11.3 Å². The highest BCUT2D eigenvalue weighted by Crippen LogP contribution is 2.29. The van der Waals surface area contributed by atoms with Crippen LogP contribution in [-0.2, 0) is 6.61 Å². The maximum Gasteiger partial charge on any atom is 0.203 e. The van der Waals surface area contributed by atoms with Gasteiger partial charge in [-0.1, -0.05) is 54.1 Å². The maximum atomic E-state index is 5.94. The van der Waals surface area contributed by atoms with Crippen molar-refractivity contribution in [1.82, 2.24) is 4.98 Å². The molecule has 0 bridgehead atoms. The van der Waals surface area contributed by atoms with Crippen molar-refractivity contribution in [3.05, 3.63) is 94.3 Å². The number of anilines is 1. The first kappa shape index (κ1) is 20.9. The Morgan fingerprint density at radius 3 is 2.61 bits per heavy atom. The molecular formula is C24H20ClN3O2S. The van der Waals surface area contributed by atoms with E-state index in [2.05, 4.69) is 15.5 Å². The minimum absolute atomic E-state index is 0.478. The van der Waals surface area contributed by atoms with Crippen LogP contribution in [0.3, 0.4) is 0 Å². The van der Waals surface area contributed by atoms with E-state index in [0.29, 0.717) is 28.3 Å². The van der Waals surface area contributed by atoms with Crippen LogP contribution >= 0.6 is 22.9 Å². The smallest absolute Gasteiger partial charge is 0.203 e. The van der Waals surface area contributed by atoms with Crippen LogP contribution in [0, 0.1) is 0 Å². The van der Waals surface area contributed by atoms with E-state index in [9.17, 15) is 0 Å². The van der Waals surface area contributed by atoms with Crippen LogP contribution in [0.5, 0.6) is 11.5 Å². The van der Waals surface area contributed by atoms with Gasteiger partial charge in [-0.3, -0.25) is 5.43 Å². The number of rotatable bonds is 8. The second-order valence-corrected chi connectivity index (χ2v) is 7.89. The lowest BCUT2D eigenvalue weighted by atomic mass is 10.2. The van der Waals surface area contributed by atoms with Crippen molar-refractivity contribution in [2.24, 2.45) is 5.10 Å². The van der Waals surface area contributed by atoms with E-state index in [0.717, 1.165) is 22.4 Å². The first-order valence-electron chi connectivity index (χ1n) is 9.56. The molecule has 0 saturated carbocycles. The molecule has 0 aliphatic carbocycles. The van der Waals surface area contributed by atoms with Crippen LogP contribution in [0.15, 0.2) is 83.3 Å². The first-order chi connectivity index (χ1) is 15.2. The van der Waals surface area contributed by atoms with Crippen molar-refractivity contribution < 1.29 is 9.47 Å². The van der Waals surface area contributed by atoms with Crippen LogP contribution in [0.1, 0.15) is 11.1 Å². The van der Waals surface area contributed by atoms with Crippen LogP contribution in [-0.4, -0.2) is 18.3 Å². The van der Waals surface area contributed by atoms with E-state index < -0.39 is 0 Å². The zero-order valence-corrected chi connectivity index (χ0v) is 18.4. The third-order valence-electron chi connectivity index (χ3n) is 4.44. The Hall–Kier alpha value is -3.35. The van der Waals surface area contributed by atoms with Gasteiger partial charge in [-0.25, -0.2) is 4.98 Å². The van der Waals surface area contributed by atoms with Crippen molar-refractivity contribution >= 4 is 34.3 Å². The SMILES string of the molecule is COc1cc(/C=N/Nc2nc(-c3ccc(Cl)cc3)cs2)ccc1OCc1ccccc1. The maximum absolute atomic E-state index is 5.94. The molecule has 0 spiro atoms. The number of hydrogen-bond donors (Lipinski definition) is 1. The fourth-order valence-electron chi connectivity index (χ4n) is 2.86. The standard InChI is InChI=1S/C24H20ClN3O2S/c1-29-23-13-18(7-12-22(23)30-15-17-5-3-2-4-6-17)14-26-28-24-27-21(16-31-24)19-8-10-20(25)11-9-19/h2-14,16H,15H2,1H3,(H,27,28)/b26-14+. The second kappa shape index (κ2) is 10.1. The molecule has 4 rings (SSSR count). The average Bonchev–Trinajstić information content (AvgIpc) is 3.28. The Bertz CT molecular complexity index is 1160. The molecule has 0 unspecified atom stereocenters. The number of hydrogen-bond acceptors (Lipinski definition) is 6. The first-order valence-corrected chi connectivity index (χ1v) is 10.8. The van der Waals surface area contributed by atoms with Gasteiger partial charge in [-0.05, 0) is 41.5 Å². The van der Waals surface area contributed by atoms with Crippen molar-refractivity contribution in [3.63, 3.8) is 0 Å². The van der Waals surface area contributed by atoms with Crippen LogP contribution in [0.4, 0.5) is 5.13 Å². The molecule has 1 aromatic heterocycles. The lowest BCUT2D eigenvalue weighted by molar-refractivity contribution is 0.284. The summed E-state index contributed by atoms with van der Waals surface area (Å²) in [6.07, 6.45) is 1.72. The largest absolute Gasteiger partial charge is 0.493 e. The van der Waals surface area contributed by atoms with E-state index in [1.165, 1.54) is 11.3 Å². The number of halogens is 1. The number of nitrogens with zero attached hydrogens (tertiary/aromatic N) is 2. The van der Waals surface area contributed by atoms with E-state index in [1.807, 2.05) is 78.2 Å². The second-order valence-electron chi connectivity index (χ2n) is 6.60. The number of nitrogens with one attached hydrogen (secondary N) is 1. The number of thiazole rings is 1. The summed E-state index contributed by atoms with van der Waals surface area (Å²) in [5, 5.41) is 7.67. The highest BCUT2D eigenvalue weighted by Gasteiger charge is 2.06. The molecule has 0 saturated heterocycles. The molecule has 0 aliphatic rings. The summed E-state index contributed by atoms with van der Waals surface area (Å²) in [7, 11) is 1.62. The number of methoxy groups -OCH3 is 1. The Kier molecular flexibility index (Phi) is 6.82. The quantitative estimate of drug-likeness (QED) is 0.246. The van der Waals surface area contributed by atoms with E-state index >= 15 is 0 Å². The van der Waals surface area contributed by atoms with Crippen molar-refractivity contribution in [2.45, 2.75) is 6.61 Å². The lowest BCUT2D eigenvalue weighted by Crippen LogP contribution is -1.98. The van der Waals surface area contributed by atoms with Crippen molar-refractivity contribution in [3.8, 4) is 22.8 Å². The molecule has 4 aromatic rings. The predicted octanol–water partition coefficient (Wildman–Crippen LogP) is 6.50. The van der Waals surface area contributed by atoms with E-state index in [4.69, 9.17) is 21.1 Å². The summed E-state index contributed by atoms with van der Waals surface area (Å²) in [4.78, 5) is 4.55. The van der Waals surface area contributed by atoms with Gasteiger partial charge >= 0.3 is 0 Å². The predicted molar refractivity (Wildman–Crippen MR) is 128 cm³/mol. The molecule has 0 amide bonds. The van der Waals surface area contributed by atoms with Gasteiger partial charge in [0.05, 0.1) is 19.0 Å². The minimum atomic E-state index is 0.478. The number of ether oxygens (including phenoxy) is 2. The minimum Gasteiger partial charge on any atom is -0.493 e. The average molecular weight is 450 g/mol. The molecule has 3 aromatic carbocycles. The summed E-state index contributed by atoms with van der Waals surface area (Å²) in [5.41, 5.74) is 6.83. The molecule has 0 radical (unpaired) electrons. The molecule has 156 valence electrons. The third-order valence-corrected chi connectivity index (χ3v) is 5.44. The fourth-order valence-corrected chi connectivity index (χ4v) is 3.65. The highest BCUT2D eigenvalue weighted by atomic mass is 35.5. The lowest BCUT2D eigenvalue weighted by Gasteiger charge is -2.11. The van der Waals surface area contributed by atoms with Gasteiger partial charge in [0.1, 0.15) is 6.61 Å². The molecule has 0 atom stereocenters. The Balaban J connectivity index is 1.38. The molecule has 5 nitrogen and oxygen atoms in total. The zero-order valence-electron chi connectivity index (χ0n) is 16.8. The summed E-state index contributed by atoms with van der Waals surface area (Å²) in [6, 6.07) is 23.3. The van der Waals surface area contributed by atoms with Gasteiger partial charge in [0.25, 0.3) is 0 Å². The van der Waals surface area contributed by atoms with Crippen molar-refractivity contribution in [1.29, 1.82) is 0 Å². The topological polar surface area (TPSA) is 55.7 Å². The Morgan fingerprint density at radius 2 is 1.84 bits per heavy atom. The van der Waals surface area contributed by atoms with Gasteiger partial charge in [-0.15, -0.1) is 11.3 Å². The number of hydrazone groups is 1. The molecule has 0 aliphatic heterocycles.